The first-order chi connectivity index (χ1) is 7.95. The van der Waals surface area contributed by atoms with Crippen LogP contribution in [-0.4, -0.2) is 21.8 Å². The van der Waals surface area contributed by atoms with Gasteiger partial charge in [0.25, 0.3) is 0 Å². The van der Waals surface area contributed by atoms with E-state index in [0.29, 0.717) is 0 Å². The molecule has 0 amide bonds. The van der Waals surface area contributed by atoms with Crippen LogP contribution in [0.2, 0.25) is 0 Å². The summed E-state index contributed by atoms with van der Waals surface area (Å²) in [6.07, 6.45) is 0. The van der Waals surface area contributed by atoms with Gasteiger partial charge in [-0.25, -0.2) is 0 Å². The minimum absolute atomic E-state index is 1.64. The number of rotatable bonds is 3. The van der Waals surface area contributed by atoms with Crippen LogP contribution in [0.1, 0.15) is 0 Å². The number of thiophene rings is 3. The van der Waals surface area contributed by atoms with Crippen LogP contribution in [-0.2, 0) is 0 Å². The fourth-order valence-corrected chi connectivity index (χ4v) is 21.0. The SMILES string of the molecule is c1cs[c]([Bi]([c]2cccs2)[c]2cccs2)c1. The van der Waals surface area contributed by atoms with Gasteiger partial charge < -0.3 is 0 Å². The van der Waals surface area contributed by atoms with Crippen molar-refractivity contribution in [2.24, 2.45) is 0 Å². The third-order valence-electron chi connectivity index (χ3n) is 2.18. The molecule has 0 aliphatic carbocycles. The molecule has 0 unspecified atom stereocenters. The van der Waals surface area contributed by atoms with Gasteiger partial charge in [0.05, 0.1) is 0 Å². The summed E-state index contributed by atoms with van der Waals surface area (Å²) in [5, 5.41) is 6.62. The molecule has 0 fully saturated rings. The molecule has 0 radical (unpaired) electrons. The van der Waals surface area contributed by atoms with Crippen molar-refractivity contribution in [1.82, 2.24) is 0 Å². The maximum absolute atomic E-state index is 2.32. The predicted molar refractivity (Wildman–Crippen MR) is 77.6 cm³/mol. The molecule has 0 aliphatic rings. The van der Waals surface area contributed by atoms with E-state index in [0.717, 1.165) is 0 Å². The van der Waals surface area contributed by atoms with E-state index in [-0.39, 0.29) is 0 Å². The molecule has 0 nitrogen and oxygen atoms in total. The third kappa shape index (κ3) is 2.17. The van der Waals surface area contributed by atoms with Crippen LogP contribution in [0.5, 0.6) is 0 Å². The van der Waals surface area contributed by atoms with Crippen LogP contribution in [0.15, 0.2) is 52.5 Å². The normalized spacial score (nSPS) is 11.1. The van der Waals surface area contributed by atoms with Crippen LogP contribution in [0.25, 0.3) is 0 Å². The molecule has 0 N–H and O–H groups in total. The first kappa shape index (κ1) is 11.1. The van der Waals surface area contributed by atoms with E-state index in [4.69, 9.17) is 0 Å². The van der Waals surface area contributed by atoms with Crippen molar-refractivity contribution in [3.05, 3.63) is 52.5 Å². The van der Waals surface area contributed by atoms with E-state index in [2.05, 4.69) is 52.5 Å². The average molecular weight is 458 g/mol. The molecule has 3 aromatic heterocycles. The summed E-state index contributed by atoms with van der Waals surface area (Å²) in [5.74, 6) is 0. The van der Waals surface area contributed by atoms with E-state index in [1.807, 2.05) is 34.0 Å². The van der Waals surface area contributed by atoms with Gasteiger partial charge >= 0.3 is 116 Å². The van der Waals surface area contributed by atoms with E-state index >= 15 is 0 Å². The quantitative estimate of drug-likeness (QED) is 0.529. The Bertz CT molecular complexity index is 441. The second kappa shape index (κ2) is 5.09. The summed E-state index contributed by atoms with van der Waals surface area (Å²) < 4.78 is 4.92. The minimum atomic E-state index is -1.83. The number of hydrogen-bond donors (Lipinski definition) is 0. The topological polar surface area (TPSA) is 0 Å². The molecule has 0 saturated heterocycles. The van der Waals surface area contributed by atoms with Crippen LogP contribution < -0.4 is 7.76 Å². The van der Waals surface area contributed by atoms with E-state index < -0.39 is 21.8 Å². The van der Waals surface area contributed by atoms with Crippen molar-refractivity contribution in [3.8, 4) is 0 Å². The van der Waals surface area contributed by atoms with Crippen molar-refractivity contribution in [2.75, 3.05) is 0 Å². The van der Waals surface area contributed by atoms with E-state index in [1.54, 1.807) is 7.76 Å². The van der Waals surface area contributed by atoms with Gasteiger partial charge in [0.15, 0.2) is 0 Å². The maximum atomic E-state index is 2.32. The summed E-state index contributed by atoms with van der Waals surface area (Å²) in [7, 11) is 0. The molecule has 4 heteroatoms. The summed E-state index contributed by atoms with van der Waals surface area (Å²) in [5.41, 5.74) is 0. The molecule has 0 atom stereocenters. The van der Waals surface area contributed by atoms with Gasteiger partial charge in [-0.3, -0.25) is 0 Å². The molecule has 0 spiro atoms. The third-order valence-corrected chi connectivity index (χ3v) is 19.6. The zero-order chi connectivity index (χ0) is 10.8. The first-order valence-corrected chi connectivity index (χ1v) is 12.7. The Hall–Kier alpha value is -0.0169. The van der Waals surface area contributed by atoms with Gasteiger partial charge in [0, 0.05) is 0 Å². The van der Waals surface area contributed by atoms with Gasteiger partial charge in [0.1, 0.15) is 0 Å². The molecule has 80 valence electrons. The van der Waals surface area contributed by atoms with Gasteiger partial charge in [-0.2, -0.15) is 0 Å². The van der Waals surface area contributed by atoms with Gasteiger partial charge in [-0.05, 0) is 0 Å². The van der Waals surface area contributed by atoms with Crippen LogP contribution in [0, 0.1) is 0 Å². The molecular formula is C12H9BiS3. The fraction of sp³-hybridized carbons (Fsp3) is 0. The predicted octanol–water partition coefficient (Wildman–Crippen LogP) is 2.39. The molecular weight excluding hydrogens is 449 g/mol. The van der Waals surface area contributed by atoms with Gasteiger partial charge in [-0.1, -0.05) is 0 Å². The number of hydrogen-bond acceptors (Lipinski definition) is 3. The second-order valence-corrected chi connectivity index (χ2v) is 18.0. The van der Waals surface area contributed by atoms with Crippen molar-refractivity contribution >= 4 is 63.5 Å². The second-order valence-electron chi connectivity index (χ2n) is 3.19. The Balaban J connectivity index is 2.09. The first-order valence-electron chi connectivity index (χ1n) is 4.86. The summed E-state index contributed by atoms with van der Waals surface area (Å²) in [4.78, 5) is 0. The standard InChI is InChI=1S/3C4H3S.Bi/c3*1-2-4-5-3-1;/h3*1-3H;. The summed E-state index contributed by atoms with van der Waals surface area (Å²) >= 11 is 3.96. The van der Waals surface area contributed by atoms with Crippen molar-refractivity contribution in [3.63, 3.8) is 0 Å². The van der Waals surface area contributed by atoms with E-state index in [9.17, 15) is 0 Å². The molecule has 0 saturated carbocycles. The molecule has 0 aromatic carbocycles. The van der Waals surface area contributed by atoms with Crippen molar-refractivity contribution in [1.29, 1.82) is 0 Å². The Morgan fingerprint density at radius 1 is 0.625 bits per heavy atom. The zero-order valence-corrected chi connectivity index (χ0v) is 14.3. The Kier molecular flexibility index (Phi) is 3.53. The Morgan fingerprint density at radius 2 is 1.00 bits per heavy atom. The Morgan fingerprint density at radius 3 is 1.25 bits per heavy atom. The molecule has 3 rings (SSSR count). The molecule has 3 aromatic rings. The summed E-state index contributed by atoms with van der Waals surface area (Å²) in [6, 6.07) is 13.5. The molecule has 0 bridgehead atoms. The van der Waals surface area contributed by atoms with Crippen LogP contribution in [0.3, 0.4) is 0 Å². The van der Waals surface area contributed by atoms with Crippen LogP contribution >= 0.6 is 34.0 Å². The average Bonchev–Trinajstić information content (AvgIpc) is 3.02. The molecule has 16 heavy (non-hydrogen) atoms. The Labute approximate surface area is 115 Å². The zero-order valence-electron chi connectivity index (χ0n) is 8.37. The van der Waals surface area contributed by atoms with Gasteiger partial charge in [0.2, 0.25) is 0 Å². The monoisotopic (exact) mass is 458 g/mol. The summed E-state index contributed by atoms with van der Waals surface area (Å²) in [6.45, 7) is 0. The van der Waals surface area contributed by atoms with Gasteiger partial charge in [-0.15, -0.1) is 0 Å². The molecule has 0 aliphatic heterocycles. The van der Waals surface area contributed by atoms with Crippen molar-refractivity contribution < 1.29 is 0 Å². The fourth-order valence-electron chi connectivity index (χ4n) is 1.52. The van der Waals surface area contributed by atoms with E-state index in [1.165, 1.54) is 0 Å². The molecule has 3 heterocycles. The van der Waals surface area contributed by atoms with Crippen molar-refractivity contribution in [2.45, 2.75) is 0 Å². The van der Waals surface area contributed by atoms with Crippen LogP contribution in [0.4, 0.5) is 0 Å².